The Balaban J connectivity index is 2.17. The van der Waals surface area contributed by atoms with Crippen molar-refractivity contribution in [2.75, 3.05) is 19.7 Å². The van der Waals surface area contributed by atoms with Crippen LogP contribution in [0, 0.1) is 5.92 Å². The summed E-state index contributed by atoms with van der Waals surface area (Å²) in [4.78, 5) is 13.4. The Morgan fingerprint density at radius 3 is 2.83 bits per heavy atom. The van der Waals surface area contributed by atoms with E-state index < -0.39 is 10.0 Å². The van der Waals surface area contributed by atoms with Gasteiger partial charge in [0.05, 0.1) is 4.90 Å². The predicted molar refractivity (Wildman–Crippen MR) is 65.6 cm³/mol. The SMILES string of the molecule is O=c1ccc(S(=O)(=O)N2CCC(CCO)C2)c[nH]1. The number of aliphatic hydroxyl groups is 1. The van der Waals surface area contributed by atoms with Crippen molar-refractivity contribution in [3.8, 4) is 0 Å². The van der Waals surface area contributed by atoms with Crippen LogP contribution in [0.5, 0.6) is 0 Å². The summed E-state index contributed by atoms with van der Waals surface area (Å²) in [7, 11) is -3.53. The number of nitrogens with zero attached hydrogens (tertiary/aromatic N) is 1. The topological polar surface area (TPSA) is 90.5 Å². The molecule has 0 saturated carbocycles. The number of rotatable bonds is 4. The lowest BCUT2D eigenvalue weighted by Crippen LogP contribution is -2.29. The van der Waals surface area contributed by atoms with Crippen LogP contribution < -0.4 is 5.56 Å². The zero-order chi connectivity index (χ0) is 13.2. The first-order valence-corrected chi connectivity index (χ1v) is 7.28. The molecule has 1 aliphatic heterocycles. The second-order valence-corrected chi connectivity index (χ2v) is 6.36. The van der Waals surface area contributed by atoms with Crippen molar-refractivity contribution in [1.29, 1.82) is 0 Å². The van der Waals surface area contributed by atoms with Crippen LogP contribution in [0.25, 0.3) is 0 Å². The van der Waals surface area contributed by atoms with Crippen LogP contribution >= 0.6 is 0 Å². The zero-order valence-corrected chi connectivity index (χ0v) is 10.7. The average Bonchev–Trinajstić information content (AvgIpc) is 2.79. The molecule has 0 radical (unpaired) electrons. The summed E-state index contributed by atoms with van der Waals surface area (Å²) in [5, 5.41) is 8.86. The third-order valence-corrected chi connectivity index (χ3v) is 5.04. The summed E-state index contributed by atoms with van der Waals surface area (Å²) in [6.07, 6.45) is 2.61. The van der Waals surface area contributed by atoms with Gasteiger partial charge in [-0.15, -0.1) is 0 Å². The van der Waals surface area contributed by atoms with Crippen molar-refractivity contribution in [3.63, 3.8) is 0 Å². The molecule has 1 atom stereocenters. The molecule has 0 aliphatic carbocycles. The molecule has 1 aromatic rings. The zero-order valence-electron chi connectivity index (χ0n) is 9.87. The van der Waals surface area contributed by atoms with Crippen LogP contribution in [0.3, 0.4) is 0 Å². The van der Waals surface area contributed by atoms with E-state index in [0.29, 0.717) is 19.5 Å². The van der Waals surface area contributed by atoms with Gasteiger partial charge in [-0.1, -0.05) is 0 Å². The number of hydrogen-bond acceptors (Lipinski definition) is 4. The first-order chi connectivity index (χ1) is 8.54. The molecule has 2 heterocycles. The van der Waals surface area contributed by atoms with Crippen molar-refractivity contribution in [2.24, 2.45) is 5.92 Å². The minimum atomic E-state index is -3.53. The highest BCUT2D eigenvalue weighted by molar-refractivity contribution is 7.89. The number of sulfonamides is 1. The molecule has 0 spiro atoms. The van der Waals surface area contributed by atoms with Gasteiger partial charge in [-0.2, -0.15) is 4.31 Å². The number of H-pyrrole nitrogens is 1. The molecule has 0 amide bonds. The highest BCUT2D eigenvalue weighted by atomic mass is 32.2. The molecule has 0 bridgehead atoms. The Morgan fingerprint density at radius 1 is 1.44 bits per heavy atom. The highest BCUT2D eigenvalue weighted by Crippen LogP contribution is 2.25. The lowest BCUT2D eigenvalue weighted by molar-refractivity contribution is 0.259. The molecule has 18 heavy (non-hydrogen) atoms. The summed E-state index contributed by atoms with van der Waals surface area (Å²) in [5.41, 5.74) is -0.325. The van der Waals surface area contributed by atoms with Crippen molar-refractivity contribution in [2.45, 2.75) is 17.7 Å². The molecule has 0 aromatic carbocycles. The second-order valence-electron chi connectivity index (χ2n) is 4.42. The normalized spacial score (nSPS) is 21.3. The maximum atomic E-state index is 12.2. The van der Waals surface area contributed by atoms with Gasteiger partial charge < -0.3 is 10.1 Å². The van der Waals surface area contributed by atoms with Crippen LogP contribution in [0.2, 0.25) is 0 Å². The van der Waals surface area contributed by atoms with E-state index >= 15 is 0 Å². The largest absolute Gasteiger partial charge is 0.396 e. The van der Waals surface area contributed by atoms with Gasteiger partial charge in [-0.05, 0) is 24.8 Å². The predicted octanol–water partition coefficient (Wildman–Crippen LogP) is -0.232. The smallest absolute Gasteiger partial charge is 0.247 e. The Bertz CT molecular complexity index is 546. The molecular weight excluding hydrogens is 256 g/mol. The number of nitrogens with one attached hydrogen (secondary N) is 1. The van der Waals surface area contributed by atoms with Gasteiger partial charge in [0.15, 0.2) is 0 Å². The Kier molecular flexibility index (Phi) is 3.84. The average molecular weight is 272 g/mol. The number of aromatic amines is 1. The molecule has 1 aromatic heterocycles. The van der Waals surface area contributed by atoms with Crippen molar-refractivity contribution >= 4 is 10.0 Å². The lowest BCUT2D eigenvalue weighted by Gasteiger charge is -2.16. The van der Waals surface area contributed by atoms with E-state index in [2.05, 4.69) is 4.98 Å². The minimum Gasteiger partial charge on any atom is -0.396 e. The van der Waals surface area contributed by atoms with Gasteiger partial charge in [0.1, 0.15) is 0 Å². The van der Waals surface area contributed by atoms with Crippen molar-refractivity contribution < 1.29 is 13.5 Å². The van der Waals surface area contributed by atoms with Crippen molar-refractivity contribution in [1.82, 2.24) is 9.29 Å². The third kappa shape index (κ3) is 2.63. The van der Waals surface area contributed by atoms with Crippen LogP contribution in [-0.4, -0.2) is 42.5 Å². The molecule has 6 nitrogen and oxygen atoms in total. The lowest BCUT2D eigenvalue weighted by atomic mass is 10.1. The van der Waals surface area contributed by atoms with Gasteiger partial charge >= 0.3 is 0 Å². The molecule has 1 aliphatic rings. The van der Waals surface area contributed by atoms with Crippen LogP contribution in [0.1, 0.15) is 12.8 Å². The summed E-state index contributed by atoms with van der Waals surface area (Å²) >= 11 is 0. The van der Waals surface area contributed by atoms with E-state index in [9.17, 15) is 13.2 Å². The Hall–Kier alpha value is -1.18. The van der Waals surface area contributed by atoms with Crippen molar-refractivity contribution in [3.05, 3.63) is 28.7 Å². The first kappa shape index (κ1) is 13.3. The van der Waals surface area contributed by atoms with E-state index in [1.807, 2.05) is 0 Å². The fourth-order valence-corrected chi connectivity index (χ4v) is 3.64. The Morgan fingerprint density at radius 2 is 2.22 bits per heavy atom. The van der Waals surface area contributed by atoms with E-state index in [-0.39, 0.29) is 23.0 Å². The van der Waals surface area contributed by atoms with Gasteiger partial charge in [0, 0.05) is 32.0 Å². The van der Waals surface area contributed by atoms with Crippen LogP contribution in [-0.2, 0) is 10.0 Å². The van der Waals surface area contributed by atoms with E-state index in [1.165, 1.54) is 22.6 Å². The van der Waals surface area contributed by atoms with Crippen LogP contribution in [0.4, 0.5) is 0 Å². The maximum Gasteiger partial charge on any atom is 0.247 e. The monoisotopic (exact) mass is 272 g/mol. The molecular formula is C11H16N2O4S. The van der Waals surface area contributed by atoms with E-state index in [1.54, 1.807) is 0 Å². The fraction of sp³-hybridized carbons (Fsp3) is 0.545. The fourth-order valence-electron chi connectivity index (χ4n) is 2.14. The molecule has 100 valence electrons. The molecule has 1 saturated heterocycles. The van der Waals surface area contributed by atoms with Gasteiger partial charge in [-0.25, -0.2) is 8.42 Å². The molecule has 2 N–H and O–H groups in total. The molecule has 1 fully saturated rings. The number of aliphatic hydroxyl groups excluding tert-OH is 1. The Labute approximate surface area is 105 Å². The number of hydrogen-bond donors (Lipinski definition) is 2. The molecule has 7 heteroatoms. The van der Waals surface area contributed by atoms with E-state index in [4.69, 9.17) is 5.11 Å². The first-order valence-electron chi connectivity index (χ1n) is 5.84. The van der Waals surface area contributed by atoms with Gasteiger partial charge in [0.2, 0.25) is 15.6 Å². The quantitative estimate of drug-likeness (QED) is 0.792. The van der Waals surface area contributed by atoms with Gasteiger partial charge in [0.25, 0.3) is 0 Å². The van der Waals surface area contributed by atoms with E-state index in [0.717, 1.165) is 6.42 Å². The number of aromatic nitrogens is 1. The standard InChI is InChI=1S/C11H16N2O4S/c14-6-4-9-3-5-13(8-9)18(16,17)10-1-2-11(15)12-7-10/h1-2,7,9,14H,3-6,8H2,(H,12,15). The highest BCUT2D eigenvalue weighted by Gasteiger charge is 2.32. The summed E-state index contributed by atoms with van der Waals surface area (Å²) in [6.45, 7) is 0.978. The summed E-state index contributed by atoms with van der Waals surface area (Å²) in [6, 6.07) is 2.52. The number of pyridine rings is 1. The second kappa shape index (κ2) is 5.21. The molecule has 2 rings (SSSR count). The van der Waals surface area contributed by atoms with Crippen LogP contribution in [0.15, 0.2) is 28.0 Å². The maximum absolute atomic E-state index is 12.2. The molecule has 1 unspecified atom stereocenters. The minimum absolute atomic E-state index is 0.0806. The van der Waals surface area contributed by atoms with Gasteiger partial charge in [-0.3, -0.25) is 4.79 Å². The summed E-state index contributed by atoms with van der Waals surface area (Å²) < 4.78 is 25.9. The third-order valence-electron chi connectivity index (χ3n) is 3.18. The summed E-state index contributed by atoms with van der Waals surface area (Å²) in [5.74, 6) is 0.215.